The molecule has 1 unspecified atom stereocenters. The number of piperidine rings is 2. The molecule has 3 rings (SSSR count). The van der Waals surface area contributed by atoms with E-state index in [4.69, 9.17) is 5.73 Å². The number of amides is 2. The first kappa shape index (κ1) is 15.0. The van der Waals surface area contributed by atoms with Crippen molar-refractivity contribution in [2.24, 2.45) is 11.7 Å². The zero-order valence-electron chi connectivity index (χ0n) is 12.8. The molecule has 117 valence electrons. The number of hydrogen-bond donors (Lipinski definition) is 1. The molecule has 2 saturated heterocycles. The molecule has 3 fully saturated rings. The summed E-state index contributed by atoms with van der Waals surface area (Å²) < 4.78 is 0.547. The Morgan fingerprint density at radius 2 is 1.81 bits per heavy atom. The maximum atomic E-state index is 12.8. The molecule has 1 aliphatic carbocycles. The maximum absolute atomic E-state index is 12.8. The van der Waals surface area contributed by atoms with Crippen LogP contribution in [0.15, 0.2) is 0 Å². The molecule has 1 saturated carbocycles. The Hall–Kier alpha value is -0.940. The fraction of sp³-hybridized carbons (Fsp3) is 0.812. The van der Waals surface area contributed by atoms with E-state index < -0.39 is 0 Å². The van der Waals surface area contributed by atoms with Gasteiger partial charge in [0.2, 0.25) is 5.91 Å². The largest absolute Gasteiger partial charge is 0.369 e. The number of carbonyl (C=O) groups is 2. The second-order valence-electron chi connectivity index (χ2n) is 6.80. The van der Waals surface area contributed by atoms with E-state index in [-0.39, 0.29) is 11.8 Å². The third kappa shape index (κ3) is 2.61. The molecule has 0 spiro atoms. The van der Waals surface area contributed by atoms with E-state index in [9.17, 15) is 9.59 Å². The van der Waals surface area contributed by atoms with Gasteiger partial charge in [-0.25, -0.2) is 4.79 Å². The number of likely N-dealkylation sites (tertiary alicyclic amines) is 1. The van der Waals surface area contributed by atoms with E-state index in [1.807, 2.05) is 6.42 Å². The minimum absolute atomic E-state index is 0.00579. The average Bonchev–Trinajstić information content (AvgIpc) is 3.03. The van der Waals surface area contributed by atoms with Crippen molar-refractivity contribution in [2.45, 2.75) is 57.4 Å². The summed E-state index contributed by atoms with van der Waals surface area (Å²) in [4.78, 5) is 24.2. The van der Waals surface area contributed by atoms with Crippen LogP contribution in [0.3, 0.4) is 0 Å². The monoisotopic (exact) mass is 293 g/mol. The summed E-state index contributed by atoms with van der Waals surface area (Å²) in [6, 6.07) is 0.458. The van der Waals surface area contributed by atoms with E-state index in [2.05, 4.69) is 5.01 Å². The zero-order chi connectivity index (χ0) is 14.9. The number of rotatable bonds is 3. The Bertz CT molecular complexity index is 412. The lowest BCUT2D eigenvalue weighted by atomic mass is 9.96. The van der Waals surface area contributed by atoms with Crippen LogP contribution in [-0.4, -0.2) is 47.1 Å². The molecular formula is C16H27N3O2+. The summed E-state index contributed by atoms with van der Waals surface area (Å²) in [5.41, 5.74) is 5.44. The van der Waals surface area contributed by atoms with Crippen molar-refractivity contribution < 1.29 is 14.2 Å². The van der Waals surface area contributed by atoms with Gasteiger partial charge in [-0.05, 0) is 38.5 Å². The van der Waals surface area contributed by atoms with Gasteiger partial charge in [-0.1, -0.05) is 0 Å². The van der Waals surface area contributed by atoms with Crippen molar-refractivity contribution in [3.63, 3.8) is 0 Å². The van der Waals surface area contributed by atoms with E-state index in [0.717, 1.165) is 58.2 Å². The summed E-state index contributed by atoms with van der Waals surface area (Å²) in [5.74, 6) is 0.109. The van der Waals surface area contributed by atoms with Crippen molar-refractivity contribution in [1.29, 1.82) is 0 Å². The zero-order valence-corrected chi connectivity index (χ0v) is 12.8. The number of hydrogen-bond acceptors (Lipinski definition) is 3. The van der Waals surface area contributed by atoms with Crippen molar-refractivity contribution in [3.05, 3.63) is 6.42 Å². The molecule has 5 nitrogen and oxygen atoms in total. The quantitative estimate of drug-likeness (QED) is 0.800. The van der Waals surface area contributed by atoms with Crippen LogP contribution >= 0.6 is 0 Å². The first-order chi connectivity index (χ1) is 10.1. The van der Waals surface area contributed by atoms with Crippen LogP contribution in [0.5, 0.6) is 0 Å². The Morgan fingerprint density at radius 3 is 2.38 bits per heavy atom. The molecule has 0 aromatic heterocycles. The van der Waals surface area contributed by atoms with E-state index in [0.29, 0.717) is 16.5 Å². The van der Waals surface area contributed by atoms with E-state index in [1.54, 1.807) is 0 Å². The van der Waals surface area contributed by atoms with E-state index >= 15 is 0 Å². The lowest BCUT2D eigenvalue weighted by Gasteiger charge is -2.51. The minimum atomic E-state index is -0.182. The number of nitrogens with zero attached hydrogens (tertiary/aromatic N) is 2. The number of primary amides is 1. The summed E-state index contributed by atoms with van der Waals surface area (Å²) >= 11 is 0. The summed E-state index contributed by atoms with van der Waals surface area (Å²) in [7, 11) is 0. The SMILES string of the molecule is NC(=O)C1CCN([N+]2(C3CCCC3)CCC[CH]C2=O)CC1. The molecule has 0 aromatic carbocycles. The fourth-order valence-corrected chi connectivity index (χ4v) is 4.54. The molecule has 3 aliphatic rings. The molecule has 1 atom stereocenters. The maximum Gasteiger partial charge on any atom is 0.337 e. The second kappa shape index (κ2) is 6.05. The first-order valence-corrected chi connectivity index (χ1v) is 8.45. The molecular weight excluding hydrogens is 266 g/mol. The highest BCUT2D eigenvalue weighted by atomic mass is 16.2. The van der Waals surface area contributed by atoms with Gasteiger partial charge < -0.3 is 5.73 Å². The van der Waals surface area contributed by atoms with Crippen LogP contribution in [0.2, 0.25) is 0 Å². The number of carbonyl (C=O) groups excluding carboxylic acids is 2. The standard InChI is InChI=1S/C16H26N3O2/c17-16(21)13-8-10-18(11-9-13)19(14-5-1-2-6-14)12-4-3-7-15(19)20/h7,13-14H,1-6,8-12H2,(H-,17,21)/p+1. The summed E-state index contributed by atoms with van der Waals surface area (Å²) in [6.45, 7) is 2.59. The average molecular weight is 293 g/mol. The predicted octanol–water partition coefficient (Wildman–Crippen LogP) is 1.38. The smallest absolute Gasteiger partial charge is 0.337 e. The molecule has 1 radical (unpaired) electrons. The van der Waals surface area contributed by atoms with Crippen LogP contribution in [0.4, 0.5) is 0 Å². The van der Waals surface area contributed by atoms with Crippen LogP contribution < -0.4 is 5.73 Å². The van der Waals surface area contributed by atoms with Crippen molar-refractivity contribution in [3.8, 4) is 0 Å². The molecule has 2 amide bonds. The number of quaternary nitrogens is 1. The van der Waals surface area contributed by atoms with Gasteiger partial charge in [-0.15, -0.1) is 5.01 Å². The molecule has 21 heavy (non-hydrogen) atoms. The van der Waals surface area contributed by atoms with Crippen LogP contribution in [0.25, 0.3) is 0 Å². The van der Waals surface area contributed by atoms with Crippen LogP contribution in [0.1, 0.15) is 51.4 Å². The van der Waals surface area contributed by atoms with Crippen LogP contribution in [0, 0.1) is 12.3 Å². The molecule has 5 heteroatoms. The Labute approximate surface area is 127 Å². The molecule has 2 heterocycles. The Balaban J connectivity index is 1.79. The lowest BCUT2D eigenvalue weighted by Crippen LogP contribution is -2.70. The van der Waals surface area contributed by atoms with Crippen molar-refractivity contribution >= 4 is 11.8 Å². The Morgan fingerprint density at radius 1 is 1.14 bits per heavy atom. The van der Waals surface area contributed by atoms with Gasteiger partial charge in [-0.2, -0.15) is 4.59 Å². The number of nitrogens with two attached hydrogens (primary N) is 1. The van der Waals surface area contributed by atoms with Gasteiger partial charge in [0.25, 0.3) is 0 Å². The van der Waals surface area contributed by atoms with Crippen molar-refractivity contribution in [2.75, 3.05) is 19.6 Å². The second-order valence-corrected chi connectivity index (χ2v) is 6.80. The molecule has 2 aliphatic heterocycles. The Kier molecular flexibility index (Phi) is 4.31. The normalized spacial score (nSPS) is 33.4. The van der Waals surface area contributed by atoms with Gasteiger partial charge in [0, 0.05) is 31.8 Å². The van der Waals surface area contributed by atoms with Crippen molar-refractivity contribution in [1.82, 2.24) is 5.01 Å². The van der Waals surface area contributed by atoms with Crippen LogP contribution in [-0.2, 0) is 9.59 Å². The molecule has 2 N–H and O–H groups in total. The van der Waals surface area contributed by atoms with Gasteiger partial charge in [0.15, 0.2) is 0 Å². The highest BCUT2D eigenvalue weighted by Crippen LogP contribution is 2.37. The fourth-order valence-electron chi connectivity index (χ4n) is 4.54. The summed E-state index contributed by atoms with van der Waals surface area (Å²) in [6.07, 6.45) is 10.3. The molecule has 0 bridgehead atoms. The predicted molar refractivity (Wildman–Crippen MR) is 79.4 cm³/mol. The summed E-state index contributed by atoms with van der Waals surface area (Å²) in [5, 5.41) is 2.35. The molecule has 0 aromatic rings. The topological polar surface area (TPSA) is 63.4 Å². The third-order valence-corrected chi connectivity index (χ3v) is 5.71. The van der Waals surface area contributed by atoms with Gasteiger partial charge in [0.1, 0.15) is 12.6 Å². The highest BCUT2D eigenvalue weighted by Gasteiger charge is 2.52. The van der Waals surface area contributed by atoms with E-state index in [1.165, 1.54) is 12.8 Å². The lowest BCUT2D eigenvalue weighted by molar-refractivity contribution is -0.991. The highest BCUT2D eigenvalue weighted by molar-refractivity contribution is 5.79. The first-order valence-electron chi connectivity index (χ1n) is 8.45. The minimum Gasteiger partial charge on any atom is -0.369 e. The van der Waals surface area contributed by atoms with Gasteiger partial charge in [0.05, 0.1) is 6.42 Å². The third-order valence-electron chi connectivity index (χ3n) is 5.71. The van der Waals surface area contributed by atoms with Gasteiger partial charge in [-0.3, -0.25) is 4.79 Å². The van der Waals surface area contributed by atoms with Gasteiger partial charge >= 0.3 is 5.91 Å².